The molecule has 11 aromatic rings. The van der Waals surface area contributed by atoms with Gasteiger partial charge in [0.1, 0.15) is 11.2 Å². The maximum Gasteiger partial charge on any atom is 0.310 e. The van der Waals surface area contributed by atoms with E-state index in [0.29, 0.717) is 0 Å². The summed E-state index contributed by atoms with van der Waals surface area (Å²) in [6, 6.07) is 83.4. The molecule has 0 saturated carbocycles. The molecule has 1 saturated heterocycles. The van der Waals surface area contributed by atoms with E-state index in [1.165, 1.54) is 66.4 Å². The fourth-order valence-corrected chi connectivity index (χ4v) is 11.8. The molecule has 1 aliphatic rings. The Morgan fingerprint density at radius 3 is 1.02 bits per heavy atom. The highest BCUT2D eigenvalue weighted by Gasteiger charge is 2.40. The minimum atomic E-state index is -1.73. The van der Waals surface area contributed by atoms with Crippen LogP contribution in [0.5, 0.6) is 0 Å². The monoisotopic (exact) mass is 841 g/mol. The molecule has 1 aliphatic heterocycles. The maximum absolute atomic E-state index is 7.51. The van der Waals surface area contributed by atoms with Crippen LogP contribution in [-0.4, -0.2) is 0 Å². The SMILES string of the molecule is c1ccc(-c2cc(-c3ccccc3)cc(C3CCC(c4cc(-c5ccccc5)cc(-c5ccccc5)c4)N3p3oc4ccc5ccccc5c4c4c(ccc5ccccc54)o3)c2)cc1. The van der Waals surface area contributed by atoms with E-state index < -0.39 is 8.16 Å². The van der Waals surface area contributed by atoms with Crippen LogP contribution in [0.2, 0.25) is 0 Å². The molecule has 0 bridgehead atoms. The van der Waals surface area contributed by atoms with E-state index in [4.69, 9.17) is 8.39 Å². The first-order chi connectivity index (χ1) is 31.7. The van der Waals surface area contributed by atoms with Crippen LogP contribution in [0.4, 0.5) is 0 Å². The molecule has 12 rings (SSSR count). The van der Waals surface area contributed by atoms with Gasteiger partial charge in [0, 0.05) is 22.9 Å². The van der Waals surface area contributed by atoms with Crippen molar-refractivity contribution < 1.29 is 8.39 Å². The van der Waals surface area contributed by atoms with E-state index in [-0.39, 0.29) is 12.1 Å². The van der Waals surface area contributed by atoms with Gasteiger partial charge in [0.15, 0.2) is 0 Å². The normalized spacial score (nSPS) is 15.3. The summed E-state index contributed by atoms with van der Waals surface area (Å²) in [5, 5.41) is 6.81. The van der Waals surface area contributed by atoms with E-state index in [1.807, 2.05) is 0 Å². The van der Waals surface area contributed by atoms with Crippen LogP contribution in [0.25, 0.3) is 88.0 Å². The number of hydrogen-bond acceptors (Lipinski definition) is 3. The fourth-order valence-electron chi connectivity index (χ4n) is 9.99. The molecule has 0 radical (unpaired) electrons. The molecule has 0 N–H and O–H groups in total. The van der Waals surface area contributed by atoms with Gasteiger partial charge in [-0.15, -0.1) is 0 Å². The molecule has 1 aromatic heterocycles. The number of benzene rings is 10. The van der Waals surface area contributed by atoms with Gasteiger partial charge in [-0.05, 0) is 139 Å². The van der Waals surface area contributed by atoms with Crippen molar-refractivity contribution in [1.29, 1.82) is 0 Å². The Bertz CT molecular complexity index is 3170. The fraction of sp³-hybridized carbons (Fsp3) is 0.0667. The highest BCUT2D eigenvalue weighted by Crippen LogP contribution is 2.55. The molecule has 2 unspecified atom stereocenters. The summed E-state index contributed by atoms with van der Waals surface area (Å²) in [5.41, 5.74) is 13.8. The van der Waals surface area contributed by atoms with Gasteiger partial charge in [-0.1, -0.05) is 182 Å². The van der Waals surface area contributed by atoms with Crippen LogP contribution in [0.15, 0.2) is 239 Å². The van der Waals surface area contributed by atoms with Crippen LogP contribution >= 0.6 is 8.16 Å². The summed E-state index contributed by atoms with van der Waals surface area (Å²) < 4.78 is 17.6. The van der Waals surface area contributed by atoms with Gasteiger partial charge < -0.3 is 8.39 Å². The van der Waals surface area contributed by atoms with Crippen molar-refractivity contribution in [2.75, 3.05) is 4.67 Å². The number of hydrogen-bond donors (Lipinski definition) is 0. The lowest BCUT2D eigenvalue weighted by molar-refractivity contribution is 0.594. The van der Waals surface area contributed by atoms with Gasteiger partial charge in [0.25, 0.3) is 0 Å². The molecule has 0 aliphatic carbocycles. The molecule has 10 aromatic carbocycles. The topological polar surface area (TPSA) is 29.5 Å². The molecule has 3 nitrogen and oxygen atoms in total. The summed E-state index contributed by atoms with van der Waals surface area (Å²) in [6.07, 6.45) is 1.85. The zero-order valence-corrected chi connectivity index (χ0v) is 36.1. The van der Waals surface area contributed by atoms with Gasteiger partial charge in [0.05, 0.1) is 0 Å². The standard InChI is InChI=1S/C60H44NO2P/c1-5-17-41(18-6-1)47-35-48(42-19-7-2-8-20-42)38-51(37-47)55-31-32-56(52-39-49(43-21-9-3-10-22-43)36-50(40-52)44-23-11-4-12-24-44)61(55)64-62-57-33-29-45-25-13-15-27-53(45)59(57)60-54-28-16-14-26-46(54)30-34-58(60)63-64/h1-30,33-40,55-56H,31-32H2. The maximum atomic E-state index is 7.51. The molecular formula is C60H44NO2P. The van der Waals surface area contributed by atoms with Gasteiger partial charge in [-0.25, -0.2) is 0 Å². The Kier molecular flexibility index (Phi) is 9.79. The van der Waals surface area contributed by atoms with Crippen molar-refractivity contribution >= 4 is 51.6 Å². The smallest absolute Gasteiger partial charge is 0.310 e. The van der Waals surface area contributed by atoms with Crippen LogP contribution in [0.3, 0.4) is 0 Å². The Morgan fingerprint density at radius 2 is 0.656 bits per heavy atom. The summed E-state index contributed by atoms with van der Waals surface area (Å²) in [4.78, 5) is 0. The number of rotatable bonds is 7. The van der Waals surface area contributed by atoms with E-state index in [9.17, 15) is 0 Å². The van der Waals surface area contributed by atoms with Gasteiger partial charge in [-0.3, -0.25) is 0 Å². The molecule has 2 atom stereocenters. The Hall–Kier alpha value is -7.42. The summed E-state index contributed by atoms with van der Waals surface area (Å²) in [5.74, 6) is 0. The van der Waals surface area contributed by atoms with E-state index in [0.717, 1.165) is 45.6 Å². The van der Waals surface area contributed by atoms with Crippen LogP contribution in [0.1, 0.15) is 36.1 Å². The van der Waals surface area contributed by atoms with Crippen molar-refractivity contribution in [3.8, 4) is 44.5 Å². The molecule has 4 heteroatoms. The van der Waals surface area contributed by atoms with Crippen molar-refractivity contribution in [1.82, 2.24) is 0 Å². The van der Waals surface area contributed by atoms with Gasteiger partial charge in [-0.2, -0.15) is 4.67 Å². The third kappa shape index (κ3) is 7.00. The first kappa shape index (κ1) is 38.3. The van der Waals surface area contributed by atoms with Crippen molar-refractivity contribution in [3.05, 3.63) is 242 Å². The third-order valence-corrected chi connectivity index (χ3v) is 14.7. The number of fused-ring (bicyclic) bond motifs is 7. The second kappa shape index (κ2) is 16.4. The predicted molar refractivity (Wildman–Crippen MR) is 269 cm³/mol. The van der Waals surface area contributed by atoms with Crippen LogP contribution in [-0.2, 0) is 0 Å². The second-order valence-corrected chi connectivity index (χ2v) is 18.2. The summed E-state index contributed by atoms with van der Waals surface area (Å²) in [7, 11) is -1.73. The lowest BCUT2D eigenvalue weighted by Crippen LogP contribution is -2.23. The highest BCUT2D eigenvalue weighted by atomic mass is 31.1. The van der Waals surface area contributed by atoms with E-state index in [2.05, 4.69) is 235 Å². The van der Waals surface area contributed by atoms with Gasteiger partial charge in [0.2, 0.25) is 0 Å². The third-order valence-electron chi connectivity index (χ3n) is 13.0. The zero-order valence-electron chi connectivity index (χ0n) is 35.2. The summed E-state index contributed by atoms with van der Waals surface area (Å²) >= 11 is 0. The first-order valence-electron chi connectivity index (χ1n) is 22.2. The molecule has 2 heterocycles. The number of nitrogens with zero attached hydrogens (tertiary/aromatic N) is 1. The quantitative estimate of drug-likeness (QED) is 0.160. The Balaban J connectivity index is 1.14. The Morgan fingerprint density at radius 1 is 0.328 bits per heavy atom. The van der Waals surface area contributed by atoms with Gasteiger partial charge >= 0.3 is 8.16 Å². The second-order valence-electron chi connectivity index (χ2n) is 16.9. The average molecular weight is 842 g/mol. The minimum absolute atomic E-state index is 0.0197. The lowest BCUT2D eigenvalue weighted by atomic mass is 9.92. The first-order valence-corrected chi connectivity index (χ1v) is 23.3. The van der Waals surface area contributed by atoms with Crippen LogP contribution < -0.4 is 4.67 Å². The van der Waals surface area contributed by atoms with Crippen molar-refractivity contribution in [2.45, 2.75) is 24.9 Å². The molecule has 64 heavy (non-hydrogen) atoms. The molecular weight excluding hydrogens is 798 g/mol. The molecule has 0 amide bonds. The largest absolute Gasteiger partial charge is 0.408 e. The average Bonchev–Trinajstić information content (AvgIpc) is 3.75. The lowest BCUT2D eigenvalue weighted by Gasteiger charge is -2.28. The van der Waals surface area contributed by atoms with Crippen LogP contribution in [0, 0.1) is 0 Å². The summed E-state index contributed by atoms with van der Waals surface area (Å²) in [6.45, 7) is 0. The van der Waals surface area contributed by atoms with E-state index in [1.54, 1.807) is 0 Å². The molecule has 1 fully saturated rings. The minimum Gasteiger partial charge on any atom is -0.408 e. The van der Waals surface area contributed by atoms with E-state index >= 15 is 0 Å². The molecule has 306 valence electrons. The highest BCUT2D eigenvalue weighted by molar-refractivity contribution is 7.39. The zero-order chi connectivity index (χ0) is 42.4. The molecule has 0 spiro atoms. The van der Waals surface area contributed by atoms with Crippen molar-refractivity contribution in [3.63, 3.8) is 0 Å². The van der Waals surface area contributed by atoms with Crippen molar-refractivity contribution in [2.24, 2.45) is 0 Å². The Labute approximate surface area is 374 Å². The predicted octanol–water partition coefficient (Wildman–Crippen LogP) is 17.5.